The zero-order chi connectivity index (χ0) is 15.5. The summed E-state index contributed by atoms with van der Waals surface area (Å²) in [5, 5.41) is 12.8. The van der Waals surface area contributed by atoms with Gasteiger partial charge < -0.3 is 20.1 Å². The predicted octanol–water partition coefficient (Wildman–Crippen LogP) is -1.05. The van der Waals surface area contributed by atoms with Crippen molar-refractivity contribution < 1.29 is 19.4 Å². The van der Waals surface area contributed by atoms with Crippen molar-refractivity contribution in [2.75, 3.05) is 39.4 Å². The molecule has 2 amide bonds. The molecule has 2 aliphatic heterocycles. The van der Waals surface area contributed by atoms with Gasteiger partial charge in [-0.2, -0.15) is 0 Å². The number of carbonyl (C=O) groups is 2. The van der Waals surface area contributed by atoms with E-state index < -0.39 is 0 Å². The van der Waals surface area contributed by atoms with Gasteiger partial charge >= 0.3 is 0 Å². The molecule has 0 spiro atoms. The molecular formula is C15H25N3O4. The van der Waals surface area contributed by atoms with E-state index in [1.807, 2.05) is 0 Å². The highest BCUT2D eigenvalue weighted by atomic mass is 16.5. The first-order chi connectivity index (χ1) is 10.6. The Bertz CT molecular complexity index is 431. The van der Waals surface area contributed by atoms with E-state index in [1.54, 1.807) is 4.90 Å². The van der Waals surface area contributed by atoms with Gasteiger partial charge in [-0.1, -0.05) is 0 Å². The van der Waals surface area contributed by atoms with Gasteiger partial charge in [-0.3, -0.25) is 14.5 Å². The standard InChI is InChI=1S/C15H25N3O4/c19-11-4-5-17(8-11)13-3-1-2-12(13)16-14(20)9-18-6-7-22-10-15(18)21/h11-13,19H,1-10H2,(H,16,20)/t11?,12-,13+/m1/s1. The van der Waals surface area contributed by atoms with Crippen molar-refractivity contribution in [3.05, 3.63) is 0 Å². The first-order valence-corrected chi connectivity index (χ1v) is 8.20. The number of likely N-dealkylation sites (tertiary alicyclic amines) is 1. The van der Waals surface area contributed by atoms with Crippen LogP contribution in [-0.4, -0.2) is 84.3 Å². The second-order valence-corrected chi connectivity index (χ2v) is 6.48. The molecule has 22 heavy (non-hydrogen) atoms. The molecule has 7 heteroatoms. The molecule has 3 atom stereocenters. The first-order valence-electron chi connectivity index (χ1n) is 8.20. The van der Waals surface area contributed by atoms with Crippen molar-refractivity contribution in [2.45, 2.75) is 43.9 Å². The molecule has 2 saturated heterocycles. The third kappa shape index (κ3) is 3.59. The second kappa shape index (κ2) is 6.93. The number of amides is 2. The van der Waals surface area contributed by atoms with Gasteiger partial charge in [0.05, 0.1) is 19.3 Å². The summed E-state index contributed by atoms with van der Waals surface area (Å²) in [5.74, 6) is -0.209. The summed E-state index contributed by atoms with van der Waals surface area (Å²) in [4.78, 5) is 27.7. The number of aliphatic hydroxyl groups excluding tert-OH is 1. The lowest BCUT2D eigenvalue weighted by Gasteiger charge is -2.31. The lowest BCUT2D eigenvalue weighted by Crippen LogP contribution is -2.52. The van der Waals surface area contributed by atoms with E-state index in [2.05, 4.69) is 10.2 Å². The Morgan fingerprint density at radius 1 is 1.32 bits per heavy atom. The fourth-order valence-corrected chi connectivity index (χ4v) is 3.76. The summed E-state index contributed by atoms with van der Waals surface area (Å²) >= 11 is 0. The minimum absolute atomic E-state index is 0.0744. The Morgan fingerprint density at radius 3 is 2.91 bits per heavy atom. The fourth-order valence-electron chi connectivity index (χ4n) is 3.76. The fraction of sp³-hybridized carbons (Fsp3) is 0.867. The maximum absolute atomic E-state index is 12.2. The van der Waals surface area contributed by atoms with Crippen LogP contribution in [0, 0.1) is 0 Å². The van der Waals surface area contributed by atoms with Crippen LogP contribution in [-0.2, 0) is 14.3 Å². The topological polar surface area (TPSA) is 82.1 Å². The van der Waals surface area contributed by atoms with E-state index in [4.69, 9.17) is 4.74 Å². The molecule has 3 rings (SSSR count). The molecule has 3 aliphatic rings. The number of ether oxygens (including phenoxy) is 1. The summed E-state index contributed by atoms with van der Waals surface area (Å²) < 4.78 is 5.07. The largest absolute Gasteiger partial charge is 0.392 e. The van der Waals surface area contributed by atoms with E-state index in [1.165, 1.54) is 0 Å². The molecule has 0 aromatic rings. The van der Waals surface area contributed by atoms with Crippen LogP contribution in [0.5, 0.6) is 0 Å². The number of hydrogen-bond donors (Lipinski definition) is 2. The molecule has 1 aliphatic carbocycles. The number of hydrogen-bond acceptors (Lipinski definition) is 5. The van der Waals surface area contributed by atoms with E-state index in [0.717, 1.165) is 32.2 Å². The average Bonchev–Trinajstić information content (AvgIpc) is 3.10. The minimum atomic E-state index is -0.233. The van der Waals surface area contributed by atoms with Crippen LogP contribution in [0.3, 0.4) is 0 Å². The Hall–Kier alpha value is -1.18. The molecule has 0 aromatic carbocycles. The van der Waals surface area contributed by atoms with E-state index >= 15 is 0 Å². The summed E-state index contributed by atoms with van der Waals surface area (Å²) in [6, 6.07) is 0.454. The predicted molar refractivity (Wildman–Crippen MR) is 79.2 cm³/mol. The molecule has 0 bridgehead atoms. The molecule has 0 radical (unpaired) electrons. The van der Waals surface area contributed by atoms with Crippen molar-refractivity contribution in [1.29, 1.82) is 0 Å². The Morgan fingerprint density at radius 2 is 2.18 bits per heavy atom. The summed E-state index contributed by atoms with van der Waals surface area (Å²) in [5.41, 5.74) is 0. The number of aliphatic hydroxyl groups is 1. The quantitative estimate of drug-likeness (QED) is 0.692. The molecule has 3 fully saturated rings. The zero-order valence-electron chi connectivity index (χ0n) is 12.9. The van der Waals surface area contributed by atoms with Gasteiger partial charge in [0.2, 0.25) is 11.8 Å². The van der Waals surface area contributed by atoms with Crippen LogP contribution in [0.1, 0.15) is 25.7 Å². The highest BCUT2D eigenvalue weighted by molar-refractivity contribution is 5.85. The van der Waals surface area contributed by atoms with Gasteiger partial charge in [0.1, 0.15) is 6.61 Å². The van der Waals surface area contributed by atoms with Crippen molar-refractivity contribution in [2.24, 2.45) is 0 Å². The Balaban J connectivity index is 1.50. The number of carbonyl (C=O) groups excluding carboxylic acids is 2. The van der Waals surface area contributed by atoms with Crippen LogP contribution in [0.4, 0.5) is 0 Å². The minimum Gasteiger partial charge on any atom is -0.392 e. The van der Waals surface area contributed by atoms with Crippen molar-refractivity contribution >= 4 is 11.8 Å². The SMILES string of the molecule is O=C(CN1CCOCC1=O)N[C@@H]1CCC[C@@H]1N1CCC(O)C1. The van der Waals surface area contributed by atoms with Crippen LogP contribution in [0.2, 0.25) is 0 Å². The number of rotatable bonds is 4. The lowest BCUT2D eigenvalue weighted by molar-refractivity contribution is -0.146. The maximum Gasteiger partial charge on any atom is 0.249 e. The molecule has 1 saturated carbocycles. The Kier molecular flexibility index (Phi) is 4.95. The van der Waals surface area contributed by atoms with Gasteiger partial charge in [-0.15, -0.1) is 0 Å². The molecule has 1 unspecified atom stereocenters. The van der Waals surface area contributed by atoms with Crippen LogP contribution in [0.15, 0.2) is 0 Å². The number of morpholine rings is 1. The number of nitrogens with one attached hydrogen (secondary N) is 1. The molecule has 7 nitrogen and oxygen atoms in total. The lowest BCUT2D eigenvalue weighted by atomic mass is 10.1. The summed E-state index contributed by atoms with van der Waals surface area (Å²) in [7, 11) is 0. The molecule has 2 heterocycles. The molecule has 2 N–H and O–H groups in total. The third-order valence-corrected chi connectivity index (χ3v) is 4.91. The van der Waals surface area contributed by atoms with Gasteiger partial charge in [0.25, 0.3) is 0 Å². The normalized spacial score (nSPS) is 33.4. The monoisotopic (exact) mass is 311 g/mol. The van der Waals surface area contributed by atoms with Gasteiger partial charge in [-0.25, -0.2) is 0 Å². The summed E-state index contributed by atoms with van der Waals surface area (Å²) in [6.45, 7) is 2.79. The first kappa shape index (κ1) is 15.7. The smallest absolute Gasteiger partial charge is 0.249 e. The highest BCUT2D eigenvalue weighted by Crippen LogP contribution is 2.27. The van der Waals surface area contributed by atoms with Crippen molar-refractivity contribution in [1.82, 2.24) is 15.1 Å². The zero-order valence-corrected chi connectivity index (χ0v) is 12.9. The Labute approximate surface area is 130 Å². The van der Waals surface area contributed by atoms with Crippen LogP contribution in [0.25, 0.3) is 0 Å². The number of β-amino-alcohol motifs (C(OH)–C–C–N with tert-alkyl or cyclic N) is 1. The summed E-state index contributed by atoms with van der Waals surface area (Å²) in [6.07, 6.45) is 3.72. The highest BCUT2D eigenvalue weighted by Gasteiger charge is 2.36. The van der Waals surface area contributed by atoms with Crippen LogP contribution >= 0.6 is 0 Å². The van der Waals surface area contributed by atoms with E-state index in [9.17, 15) is 14.7 Å². The third-order valence-electron chi connectivity index (χ3n) is 4.91. The van der Waals surface area contributed by atoms with Crippen LogP contribution < -0.4 is 5.32 Å². The average molecular weight is 311 g/mol. The van der Waals surface area contributed by atoms with Gasteiger partial charge in [0, 0.05) is 31.7 Å². The number of nitrogens with zero attached hydrogens (tertiary/aromatic N) is 2. The van der Waals surface area contributed by atoms with Gasteiger partial charge in [-0.05, 0) is 25.7 Å². The van der Waals surface area contributed by atoms with Gasteiger partial charge in [0.15, 0.2) is 0 Å². The molecule has 0 aromatic heterocycles. The van der Waals surface area contributed by atoms with Crippen molar-refractivity contribution in [3.8, 4) is 0 Å². The molecule has 124 valence electrons. The molecular weight excluding hydrogens is 286 g/mol. The maximum atomic E-state index is 12.2. The van der Waals surface area contributed by atoms with Crippen molar-refractivity contribution in [3.63, 3.8) is 0 Å². The van der Waals surface area contributed by atoms with E-state index in [0.29, 0.717) is 25.7 Å². The van der Waals surface area contributed by atoms with E-state index in [-0.39, 0.29) is 37.1 Å². The second-order valence-electron chi connectivity index (χ2n) is 6.48.